The second kappa shape index (κ2) is 5.52. The van der Waals surface area contributed by atoms with Crippen molar-refractivity contribution in [1.29, 1.82) is 0 Å². The van der Waals surface area contributed by atoms with Gasteiger partial charge >= 0.3 is 0 Å². The van der Waals surface area contributed by atoms with Gasteiger partial charge in [0.15, 0.2) is 0 Å². The molecule has 0 aliphatic rings. The molecule has 2 heteroatoms. The van der Waals surface area contributed by atoms with E-state index in [0.29, 0.717) is 6.10 Å². The molecule has 1 rings (SSSR count). The predicted octanol–water partition coefficient (Wildman–Crippen LogP) is 4.33. The van der Waals surface area contributed by atoms with Gasteiger partial charge in [0.1, 0.15) is 0 Å². The van der Waals surface area contributed by atoms with Crippen LogP contribution < -0.4 is 0 Å². The van der Waals surface area contributed by atoms with Crippen molar-refractivity contribution in [1.82, 2.24) is 0 Å². The smallest absolute Gasteiger partial charge is 0.0800 e. The lowest BCUT2D eigenvalue weighted by atomic mass is 10.1. The summed E-state index contributed by atoms with van der Waals surface area (Å²) in [6.45, 7) is 6.33. The molecule has 0 aliphatic heterocycles. The summed E-state index contributed by atoms with van der Waals surface area (Å²) in [5.74, 6) is 0. The summed E-state index contributed by atoms with van der Waals surface area (Å²) in [7, 11) is 0. The third-order valence-corrected chi connectivity index (χ3v) is 2.82. The molecular weight excluding hydrogens is 240 g/mol. The normalized spacial score (nSPS) is 15.1. The zero-order valence-electron chi connectivity index (χ0n) is 8.96. The van der Waals surface area contributed by atoms with Crippen molar-refractivity contribution in [2.75, 3.05) is 0 Å². The van der Waals surface area contributed by atoms with Gasteiger partial charge in [0, 0.05) is 4.47 Å². The molecule has 0 spiro atoms. The van der Waals surface area contributed by atoms with Crippen LogP contribution in [0.1, 0.15) is 38.9 Å². The van der Waals surface area contributed by atoms with Gasteiger partial charge in [0.2, 0.25) is 0 Å². The van der Waals surface area contributed by atoms with Gasteiger partial charge in [-0.1, -0.05) is 35.0 Å². The first-order valence-corrected chi connectivity index (χ1v) is 5.83. The van der Waals surface area contributed by atoms with Crippen LogP contribution in [0.4, 0.5) is 0 Å². The number of hydrogen-bond donors (Lipinski definition) is 0. The van der Waals surface area contributed by atoms with Gasteiger partial charge < -0.3 is 4.74 Å². The fraction of sp³-hybridized carbons (Fsp3) is 0.500. The molecule has 0 aliphatic carbocycles. The van der Waals surface area contributed by atoms with E-state index >= 15 is 0 Å². The monoisotopic (exact) mass is 256 g/mol. The fourth-order valence-corrected chi connectivity index (χ4v) is 1.70. The van der Waals surface area contributed by atoms with E-state index in [-0.39, 0.29) is 6.10 Å². The molecule has 0 aromatic heterocycles. The minimum Gasteiger partial charge on any atom is -0.371 e. The molecule has 2 unspecified atom stereocenters. The first-order valence-electron chi connectivity index (χ1n) is 5.04. The Kier molecular flexibility index (Phi) is 4.63. The Balaban J connectivity index is 2.64. The highest BCUT2D eigenvalue weighted by Gasteiger charge is 2.09. The lowest BCUT2D eigenvalue weighted by Gasteiger charge is -2.18. The summed E-state index contributed by atoms with van der Waals surface area (Å²) < 4.78 is 6.93. The second-order valence-corrected chi connectivity index (χ2v) is 4.47. The Labute approximate surface area is 94.6 Å². The van der Waals surface area contributed by atoms with Gasteiger partial charge in [-0.25, -0.2) is 0 Å². The Morgan fingerprint density at radius 3 is 2.64 bits per heavy atom. The largest absolute Gasteiger partial charge is 0.371 e. The molecule has 0 amide bonds. The molecule has 2 atom stereocenters. The van der Waals surface area contributed by atoms with Crippen molar-refractivity contribution in [2.24, 2.45) is 0 Å². The average Bonchev–Trinajstić information content (AvgIpc) is 2.17. The van der Waals surface area contributed by atoms with Crippen LogP contribution in [0.2, 0.25) is 0 Å². The number of hydrogen-bond acceptors (Lipinski definition) is 1. The number of ether oxygens (including phenoxy) is 1. The third kappa shape index (κ3) is 3.43. The molecule has 0 N–H and O–H groups in total. The van der Waals surface area contributed by atoms with Crippen LogP contribution in [-0.4, -0.2) is 6.10 Å². The van der Waals surface area contributed by atoms with Gasteiger partial charge in [-0.05, 0) is 38.0 Å². The van der Waals surface area contributed by atoms with Crippen LogP contribution in [0.3, 0.4) is 0 Å². The Morgan fingerprint density at radius 2 is 2.07 bits per heavy atom. The summed E-state index contributed by atoms with van der Waals surface area (Å²) in [6, 6.07) is 8.26. The van der Waals surface area contributed by atoms with Gasteiger partial charge in [0.25, 0.3) is 0 Å². The molecule has 1 nitrogen and oxygen atoms in total. The molecule has 0 bridgehead atoms. The molecule has 0 fully saturated rings. The molecular formula is C12H17BrO. The first kappa shape index (κ1) is 11.7. The van der Waals surface area contributed by atoms with E-state index < -0.39 is 0 Å². The average molecular weight is 257 g/mol. The highest BCUT2D eigenvalue weighted by atomic mass is 79.9. The highest BCUT2D eigenvalue weighted by molar-refractivity contribution is 9.10. The quantitative estimate of drug-likeness (QED) is 0.780. The predicted molar refractivity (Wildman–Crippen MR) is 63.4 cm³/mol. The van der Waals surface area contributed by atoms with Crippen LogP contribution in [0.5, 0.6) is 0 Å². The summed E-state index contributed by atoms with van der Waals surface area (Å²) in [5, 5.41) is 0. The van der Waals surface area contributed by atoms with E-state index in [2.05, 4.69) is 48.8 Å². The Hall–Kier alpha value is -0.340. The molecule has 0 saturated heterocycles. The van der Waals surface area contributed by atoms with E-state index in [0.717, 1.165) is 10.9 Å². The molecule has 0 heterocycles. The Bertz CT molecular complexity index is 285. The lowest BCUT2D eigenvalue weighted by molar-refractivity contribution is 0.00545. The molecule has 0 radical (unpaired) electrons. The zero-order chi connectivity index (χ0) is 10.6. The third-order valence-electron chi connectivity index (χ3n) is 2.33. The summed E-state index contributed by atoms with van der Waals surface area (Å²) in [6.07, 6.45) is 1.55. The van der Waals surface area contributed by atoms with Gasteiger partial charge in [0.05, 0.1) is 12.2 Å². The lowest BCUT2D eigenvalue weighted by Crippen LogP contribution is -2.10. The van der Waals surface area contributed by atoms with E-state index in [9.17, 15) is 0 Å². The van der Waals surface area contributed by atoms with E-state index in [1.54, 1.807) is 0 Å². The van der Waals surface area contributed by atoms with Gasteiger partial charge in [-0.15, -0.1) is 0 Å². The van der Waals surface area contributed by atoms with Gasteiger partial charge in [-0.2, -0.15) is 0 Å². The summed E-state index contributed by atoms with van der Waals surface area (Å²) in [5.41, 5.74) is 1.22. The number of benzene rings is 1. The molecule has 14 heavy (non-hydrogen) atoms. The maximum Gasteiger partial charge on any atom is 0.0800 e. The molecule has 1 aromatic rings. The van der Waals surface area contributed by atoms with Crippen molar-refractivity contribution < 1.29 is 4.74 Å². The molecule has 78 valence electrons. The molecule has 1 aromatic carbocycles. The van der Waals surface area contributed by atoms with Crippen LogP contribution in [0.15, 0.2) is 28.7 Å². The minimum atomic E-state index is 0.169. The van der Waals surface area contributed by atoms with Crippen molar-refractivity contribution in [3.63, 3.8) is 0 Å². The van der Waals surface area contributed by atoms with Crippen LogP contribution in [0.25, 0.3) is 0 Å². The van der Waals surface area contributed by atoms with Crippen molar-refractivity contribution in [3.05, 3.63) is 34.3 Å². The second-order valence-electron chi connectivity index (χ2n) is 3.55. The summed E-state index contributed by atoms with van der Waals surface area (Å²) in [4.78, 5) is 0. The van der Waals surface area contributed by atoms with E-state index in [1.807, 2.05) is 12.1 Å². The maximum atomic E-state index is 5.82. The Morgan fingerprint density at radius 1 is 1.36 bits per heavy atom. The topological polar surface area (TPSA) is 9.23 Å². The van der Waals surface area contributed by atoms with Crippen LogP contribution in [-0.2, 0) is 4.74 Å². The van der Waals surface area contributed by atoms with E-state index in [4.69, 9.17) is 4.74 Å². The van der Waals surface area contributed by atoms with Crippen molar-refractivity contribution in [3.8, 4) is 0 Å². The van der Waals surface area contributed by atoms with Crippen molar-refractivity contribution in [2.45, 2.75) is 39.4 Å². The first-order chi connectivity index (χ1) is 6.63. The van der Waals surface area contributed by atoms with Gasteiger partial charge in [-0.3, -0.25) is 0 Å². The zero-order valence-corrected chi connectivity index (χ0v) is 10.5. The SMILES string of the molecule is CCC(C)OC(C)c1cccc(Br)c1. The minimum absolute atomic E-state index is 0.169. The number of rotatable bonds is 4. The number of halogens is 1. The standard InChI is InChI=1S/C12H17BrO/c1-4-9(2)14-10(3)11-6-5-7-12(13)8-11/h5-10H,4H2,1-3H3. The highest BCUT2D eigenvalue weighted by Crippen LogP contribution is 2.22. The van der Waals surface area contributed by atoms with Crippen LogP contribution >= 0.6 is 15.9 Å². The van der Waals surface area contributed by atoms with Crippen LogP contribution in [0, 0.1) is 0 Å². The summed E-state index contributed by atoms with van der Waals surface area (Å²) >= 11 is 3.46. The van der Waals surface area contributed by atoms with E-state index in [1.165, 1.54) is 5.56 Å². The fourth-order valence-electron chi connectivity index (χ4n) is 1.28. The maximum absolute atomic E-state index is 5.82. The van der Waals surface area contributed by atoms with Crippen molar-refractivity contribution >= 4 is 15.9 Å². The molecule has 0 saturated carbocycles.